The Labute approximate surface area is 124 Å². The highest BCUT2D eigenvalue weighted by molar-refractivity contribution is 6.31. The Kier molecular flexibility index (Phi) is 5.68. The molecule has 1 unspecified atom stereocenters. The number of rotatable bonds is 6. The van der Waals surface area contributed by atoms with E-state index in [9.17, 15) is 4.79 Å². The zero-order chi connectivity index (χ0) is 14.4. The normalized spacial score (nSPS) is 18.0. The van der Waals surface area contributed by atoms with Crippen molar-refractivity contribution >= 4 is 17.5 Å². The number of carbonyl (C=O) groups excluding carboxylic acids is 1. The van der Waals surface area contributed by atoms with Gasteiger partial charge in [-0.3, -0.25) is 4.79 Å². The van der Waals surface area contributed by atoms with Gasteiger partial charge in [-0.15, -0.1) is 0 Å². The van der Waals surface area contributed by atoms with Crippen LogP contribution in [-0.4, -0.2) is 32.3 Å². The lowest BCUT2D eigenvalue weighted by atomic mass is 10.1. The Hall–Kier alpha value is -1.26. The summed E-state index contributed by atoms with van der Waals surface area (Å²) in [6.45, 7) is 4.73. The maximum Gasteiger partial charge on any atom is 0.255 e. The van der Waals surface area contributed by atoms with E-state index in [0.717, 1.165) is 26.1 Å². The molecule has 1 aliphatic heterocycles. The summed E-state index contributed by atoms with van der Waals surface area (Å²) < 4.78 is 10.9. The van der Waals surface area contributed by atoms with Crippen LogP contribution in [0.25, 0.3) is 0 Å². The number of nitrogens with one attached hydrogen (secondary N) is 1. The summed E-state index contributed by atoms with van der Waals surface area (Å²) in [5.74, 6) is 0.833. The summed E-state index contributed by atoms with van der Waals surface area (Å²) in [5, 5.41) is 3.46. The topological polar surface area (TPSA) is 47.6 Å². The van der Waals surface area contributed by atoms with Crippen LogP contribution >= 0.6 is 11.6 Å². The van der Waals surface area contributed by atoms with Crippen molar-refractivity contribution in [3.05, 3.63) is 28.8 Å². The molecule has 1 aliphatic rings. The first-order valence-corrected chi connectivity index (χ1v) is 7.36. The molecule has 1 aromatic rings. The first-order chi connectivity index (χ1) is 9.70. The molecule has 110 valence electrons. The molecule has 0 aliphatic carbocycles. The maximum atomic E-state index is 12.2. The molecule has 1 fully saturated rings. The van der Waals surface area contributed by atoms with Gasteiger partial charge in [-0.2, -0.15) is 0 Å². The zero-order valence-electron chi connectivity index (χ0n) is 11.7. The molecule has 0 saturated carbocycles. The predicted octanol–water partition coefficient (Wildman–Crippen LogP) is 2.90. The van der Waals surface area contributed by atoms with E-state index in [4.69, 9.17) is 21.1 Å². The summed E-state index contributed by atoms with van der Waals surface area (Å²) in [7, 11) is 0. The molecule has 20 heavy (non-hydrogen) atoms. The van der Waals surface area contributed by atoms with Gasteiger partial charge in [-0.05, 0) is 31.0 Å². The molecule has 4 nitrogen and oxygen atoms in total. The van der Waals surface area contributed by atoms with Gasteiger partial charge in [0.25, 0.3) is 5.91 Å². The molecule has 1 heterocycles. The Bertz CT molecular complexity index is 458. The molecule has 0 bridgehead atoms. The summed E-state index contributed by atoms with van der Waals surface area (Å²) in [6, 6.07) is 5.12. The largest absolute Gasteiger partial charge is 0.493 e. The van der Waals surface area contributed by atoms with E-state index < -0.39 is 0 Å². The summed E-state index contributed by atoms with van der Waals surface area (Å²) in [5.41, 5.74) is 0.491. The molecule has 2 rings (SSSR count). The lowest BCUT2D eigenvalue weighted by Crippen LogP contribution is -2.29. The van der Waals surface area contributed by atoms with Crippen molar-refractivity contribution in [2.45, 2.75) is 19.8 Å². The lowest BCUT2D eigenvalue weighted by Gasteiger charge is -2.13. The fourth-order valence-corrected chi connectivity index (χ4v) is 2.27. The van der Waals surface area contributed by atoms with E-state index in [-0.39, 0.29) is 5.91 Å². The number of amides is 1. The van der Waals surface area contributed by atoms with Gasteiger partial charge in [-0.25, -0.2) is 0 Å². The van der Waals surface area contributed by atoms with E-state index in [1.165, 1.54) is 0 Å². The van der Waals surface area contributed by atoms with Crippen molar-refractivity contribution in [1.82, 2.24) is 5.32 Å². The third kappa shape index (κ3) is 4.12. The number of hydrogen-bond donors (Lipinski definition) is 1. The van der Waals surface area contributed by atoms with Gasteiger partial charge in [-0.1, -0.05) is 18.5 Å². The van der Waals surface area contributed by atoms with Crippen LogP contribution in [0, 0.1) is 5.92 Å². The third-order valence-corrected chi connectivity index (χ3v) is 3.46. The van der Waals surface area contributed by atoms with E-state index in [1.54, 1.807) is 18.2 Å². The van der Waals surface area contributed by atoms with Crippen molar-refractivity contribution in [1.29, 1.82) is 0 Å². The van der Waals surface area contributed by atoms with E-state index in [0.29, 0.717) is 35.4 Å². The van der Waals surface area contributed by atoms with Gasteiger partial charge in [0.1, 0.15) is 5.75 Å². The van der Waals surface area contributed by atoms with Crippen LogP contribution in [0.5, 0.6) is 5.75 Å². The summed E-state index contributed by atoms with van der Waals surface area (Å²) >= 11 is 5.97. The van der Waals surface area contributed by atoms with Crippen LogP contribution in [-0.2, 0) is 4.74 Å². The van der Waals surface area contributed by atoms with E-state index >= 15 is 0 Å². The molecule has 5 heteroatoms. The van der Waals surface area contributed by atoms with Gasteiger partial charge >= 0.3 is 0 Å². The second-order valence-electron chi connectivity index (χ2n) is 4.93. The average molecular weight is 298 g/mol. The highest BCUT2D eigenvalue weighted by Gasteiger charge is 2.18. The van der Waals surface area contributed by atoms with Crippen molar-refractivity contribution in [2.75, 3.05) is 26.4 Å². The highest BCUT2D eigenvalue weighted by atomic mass is 35.5. The van der Waals surface area contributed by atoms with Crippen LogP contribution in [0.2, 0.25) is 5.02 Å². The third-order valence-electron chi connectivity index (χ3n) is 3.22. The smallest absolute Gasteiger partial charge is 0.255 e. The van der Waals surface area contributed by atoms with Crippen molar-refractivity contribution < 1.29 is 14.3 Å². The van der Waals surface area contributed by atoms with Gasteiger partial charge in [0.2, 0.25) is 0 Å². The second-order valence-corrected chi connectivity index (χ2v) is 5.37. The molecule has 0 radical (unpaired) electrons. The maximum absolute atomic E-state index is 12.2. The Morgan fingerprint density at radius 1 is 1.55 bits per heavy atom. The minimum absolute atomic E-state index is 0.148. The van der Waals surface area contributed by atoms with Gasteiger partial charge in [0.15, 0.2) is 0 Å². The minimum atomic E-state index is -0.148. The van der Waals surface area contributed by atoms with Crippen molar-refractivity contribution in [3.63, 3.8) is 0 Å². The minimum Gasteiger partial charge on any atom is -0.493 e. The molecule has 0 aromatic heterocycles. The SMILES string of the molecule is CCCOc1ccc(Cl)cc1C(=O)NCC1CCOC1. The monoisotopic (exact) mass is 297 g/mol. The molecule has 1 saturated heterocycles. The molecular weight excluding hydrogens is 278 g/mol. The van der Waals surface area contributed by atoms with Crippen LogP contribution in [0.15, 0.2) is 18.2 Å². The molecule has 1 amide bonds. The number of halogens is 1. The standard InChI is InChI=1S/C15H20ClNO3/c1-2-6-20-14-4-3-12(16)8-13(14)15(18)17-9-11-5-7-19-10-11/h3-4,8,11H,2,5-7,9-10H2,1H3,(H,17,18). The number of carbonyl (C=O) groups is 1. The van der Waals surface area contributed by atoms with Crippen molar-refractivity contribution in [3.8, 4) is 5.75 Å². The highest BCUT2D eigenvalue weighted by Crippen LogP contribution is 2.23. The number of benzene rings is 1. The fourth-order valence-electron chi connectivity index (χ4n) is 2.09. The number of ether oxygens (including phenoxy) is 2. The van der Waals surface area contributed by atoms with Gasteiger partial charge in [0.05, 0.1) is 18.8 Å². The Balaban J connectivity index is 2.00. The fraction of sp³-hybridized carbons (Fsp3) is 0.533. The van der Waals surface area contributed by atoms with Crippen LogP contribution in [0.1, 0.15) is 30.1 Å². The zero-order valence-corrected chi connectivity index (χ0v) is 12.4. The summed E-state index contributed by atoms with van der Waals surface area (Å²) in [6.07, 6.45) is 1.89. The Morgan fingerprint density at radius 3 is 3.10 bits per heavy atom. The van der Waals surface area contributed by atoms with Gasteiger partial charge < -0.3 is 14.8 Å². The van der Waals surface area contributed by atoms with Gasteiger partial charge in [0, 0.05) is 24.1 Å². The molecule has 1 aromatic carbocycles. The second kappa shape index (κ2) is 7.50. The quantitative estimate of drug-likeness (QED) is 0.878. The first kappa shape index (κ1) is 15.1. The van der Waals surface area contributed by atoms with E-state index in [1.807, 2.05) is 6.92 Å². The molecule has 1 atom stereocenters. The first-order valence-electron chi connectivity index (χ1n) is 6.99. The predicted molar refractivity (Wildman–Crippen MR) is 78.5 cm³/mol. The van der Waals surface area contributed by atoms with Crippen molar-refractivity contribution in [2.24, 2.45) is 5.92 Å². The van der Waals surface area contributed by atoms with Crippen LogP contribution in [0.3, 0.4) is 0 Å². The average Bonchev–Trinajstić information content (AvgIpc) is 2.96. The van der Waals surface area contributed by atoms with E-state index in [2.05, 4.69) is 5.32 Å². The number of hydrogen-bond acceptors (Lipinski definition) is 3. The molecular formula is C15H20ClNO3. The summed E-state index contributed by atoms with van der Waals surface area (Å²) in [4.78, 5) is 12.2. The Morgan fingerprint density at radius 2 is 2.40 bits per heavy atom. The molecule has 0 spiro atoms. The molecule has 1 N–H and O–H groups in total. The van der Waals surface area contributed by atoms with Crippen LogP contribution < -0.4 is 10.1 Å². The van der Waals surface area contributed by atoms with Crippen LogP contribution in [0.4, 0.5) is 0 Å². The lowest BCUT2D eigenvalue weighted by molar-refractivity contribution is 0.0941.